The van der Waals surface area contributed by atoms with Gasteiger partial charge in [0.1, 0.15) is 5.82 Å². The van der Waals surface area contributed by atoms with Crippen LogP contribution in [0.2, 0.25) is 0 Å². The molecule has 0 aliphatic heterocycles. The highest BCUT2D eigenvalue weighted by Crippen LogP contribution is 2.21. The molecular formula is C14H14N6. The number of nitrogens with zero attached hydrogens (tertiary/aromatic N) is 5. The van der Waals surface area contributed by atoms with E-state index in [9.17, 15) is 0 Å². The molecule has 2 N–H and O–H groups in total. The highest BCUT2D eigenvalue weighted by atomic mass is 15.1. The van der Waals surface area contributed by atoms with E-state index in [1.807, 2.05) is 32.0 Å². The van der Waals surface area contributed by atoms with Crippen LogP contribution in [0.5, 0.6) is 0 Å². The predicted molar refractivity (Wildman–Crippen MR) is 76.9 cm³/mol. The molecule has 20 heavy (non-hydrogen) atoms. The van der Waals surface area contributed by atoms with E-state index in [2.05, 4.69) is 24.9 Å². The van der Waals surface area contributed by atoms with E-state index < -0.39 is 0 Å². The lowest BCUT2D eigenvalue weighted by Crippen LogP contribution is -2.06. The van der Waals surface area contributed by atoms with Crippen LogP contribution in [-0.4, -0.2) is 24.9 Å². The highest BCUT2D eigenvalue weighted by molar-refractivity contribution is 5.79. The third-order valence-corrected chi connectivity index (χ3v) is 2.91. The van der Waals surface area contributed by atoms with Gasteiger partial charge in [0.2, 0.25) is 5.95 Å². The monoisotopic (exact) mass is 266 g/mol. The van der Waals surface area contributed by atoms with Crippen LogP contribution in [0.3, 0.4) is 0 Å². The zero-order valence-electron chi connectivity index (χ0n) is 11.3. The number of hydrogen-bond donors (Lipinski definition) is 1. The molecule has 3 aromatic rings. The molecule has 2 aromatic heterocycles. The summed E-state index contributed by atoms with van der Waals surface area (Å²) >= 11 is 0. The van der Waals surface area contributed by atoms with E-state index in [1.54, 1.807) is 12.4 Å². The molecule has 0 bridgehead atoms. The van der Waals surface area contributed by atoms with Crippen molar-refractivity contribution in [3.8, 4) is 11.4 Å². The zero-order chi connectivity index (χ0) is 14.1. The summed E-state index contributed by atoms with van der Waals surface area (Å²) in [5.41, 5.74) is 8.25. The Morgan fingerprint density at radius 2 is 1.70 bits per heavy atom. The Morgan fingerprint density at radius 1 is 0.950 bits per heavy atom. The van der Waals surface area contributed by atoms with Crippen molar-refractivity contribution in [3.63, 3.8) is 0 Å². The molecule has 0 saturated heterocycles. The first-order chi connectivity index (χ1) is 9.63. The molecule has 0 spiro atoms. The van der Waals surface area contributed by atoms with Crippen molar-refractivity contribution in [1.82, 2.24) is 24.9 Å². The van der Waals surface area contributed by atoms with Crippen LogP contribution in [-0.2, 0) is 0 Å². The molecule has 0 atom stereocenters. The Kier molecular flexibility index (Phi) is 2.98. The molecule has 0 unspecified atom stereocenters. The molecule has 0 aliphatic carbocycles. The second-order valence-corrected chi connectivity index (χ2v) is 4.79. The maximum Gasteiger partial charge on any atom is 0.223 e. The van der Waals surface area contributed by atoms with Crippen molar-refractivity contribution in [2.24, 2.45) is 0 Å². The van der Waals surface area contributed by atoms with Crippen LogP contribution in [0.1, 0.15) is 25.6 Å². The molecule has 0 fully saturated rings. The molecule has 0 saturated carbocycles. The van der Waals surface area contributed by atoms with Crippen LogP contribution < -0.4 is 5.73 Å². The minimum Gasteiger partial charge on any atom is -0.368 e. The van der Waals surface area contributed by atoms with E-state index in [1.165, 1.54) is 0 Å². The largest absolute Gasteiger partial charge is 0.368 e. The van der Waals surface area contributed by atoms with Gasteiger partial charge in [0.15, 0.2) is 5.82 Å². The fourth-order valence-electron chi connectivity index (χ4n) is 1.90. The Labute approximate surface area is 116 Å². The van der Waals surface area contributed by atoms with E-state index in [0.29, 0.717) is 11.6 Å². The Bertz CT molecular complexity index is 768. The van der Waals surface area contributed by atoms with Gasteiger partial charge in [-0.3, -0.25) is 9.97 Å². The SMILES string of the molecule is CC(C)c1nc(N)nc(-c2ccc3nccnc3c2)n1. The van der Waals surface area contributed by atoms with E-state index in [-0.39, 0.29) is 11.9 Å². The van der Waals surface area contributed by atoms with Crippen molar-refractivity contribution >= 4 is 17.0 Å². The predicted octanol–water partition coefficient (Wildman–Crippen LogP) is 2.19. The molecule has 0 radical (unpaired) electrons. The van der Waals surface area contributed by atoms with Crippen molar-refractivity contribution in [1.29, 1.82) is 0 Å². The summed E-state index contributed by atoms with van der Waals surface area (Å²) in [6.45, 7) is 4.04. The number of nitrogen functional groups attached to an aromatic ring is 1. The van der Waals surface area contributed by atoms with Crippen molar-refractivity contribution in [3.05, 3.63) is 36.4 Å². The second-order valence-electron chi connectivity index (χ2n) is 4.79. The van der Waals surface area contributed by atoms with Crippen molar-refractivity contribution in [2.45, 2.75) is 19.8 Å². The van der Waals surface area contributed by atoms with Gasteiger partial charge in [0.25, 0.3) is 0 Å². The van der Waals surface area contributed by atoms with Crippen LogP contribution in [0.15, 0.2) is 30.6 Å². The van der Waals surface area contributed by atoms with E-state index >= 15 is 0 Å². The molecule has 3 rings (SSSR count). The lowest BCUT2D eigenvalue weighted by molar-refractivity contribution is 0.767. The summed E-state index contributed by atoms with van der Waals surface area (Å²) in [6, 6.07) is 5.71. The minimum atomic E-state index is 0.194. The fraction of sp³-hybridized carbons (Fsp3) is 0.214. The molecule has 0 aliphatic rings. The number of rotatable bonds is 2. The number of benzene rings is 1. The van der Waals surface area contributed by atoms with Crippen molar-refractivity contribution in [2.75, 3.05) is 5.73 Å². The molecule has 0 amide bonds. The van der Waals surface area contributed by atoms with Gasteiger partial charge in [-0.2, -0.15) is 9.97 Å². The van der Waals surface area contributed by atoms with Crippen molar-refractivity contribution < 1.29 is 0 Å². The number of hydrogen-bond acceptors (Lipinski definition) is 6. The molecule has 2 heterocycles. The molecule has 6 nitrogen and oxygen atoms in total. The summed E-state index contributed by atoms with van der Waals surface area (Å²) in [6.07, 6.45) is 3.33. The quantitative estimate of drug-likeness (QED) is 0.764. The zero-order valence-corrected chi connectivity index (χ0v) is 11.3. The Morgan fingerprint density at radius 3 is 2.45 bits per heavy atom. The molecular weight excluding hydrogens is 252 g/mol. The third kappa shape index (κ3) is 2.27. The molecule has 1 aromatic carbocycles. The average Bonchev–Trinajstić information content (AvgIpc) is 2.46. The Hall–Kier alpha value is -2.63. The highest BCUT2D eigenvalue weighted by Gasteiger charge is 2.10. The van der Waals surface area contributed by atoms with Gasteiger partial charge in [-0.1, -0.05) is 13.8 Å². The number of fused-ring (bicyclic) bond motifs is 1. The number of aromatic nitrogens is 5. The Balaban J connectivity index is 2.15. The standard InChI is InChI=1S/C14H14N6/c1-8(2)12-18-13(20-14(15)19-12)9-3-4-10-11(7-9)17-6-5-16-10/h3-8H,1-2H3,(H2,15,18,19,20). The maximum absolute atomic E-state index is 5.76. The summed E-state index contributed by atoms with van der Waals surface area (Å²) in [5, 5.41) is 0. The first kappa shape index (κ1) is 12.4. The van der Waals surface area contributed by atoms with Gasteiger partial charge in [0.05, 0.1) is 11.0 Å². The van der Waals surface area contributed by atoms with Gasteiger partial charge < -0.3 is 5.73 Å². The van der Waals surface area contributed by atoms with Gasteiger partial charge in [-0.15, -0.1) is 0 Å². The van der Waals surface area contributed by atoms with Gasteiger partial charge in [0, 0.05) is 23.9 Å². The van der Waals surface area contributed by atoms with Crippen LogP contribution >= 0.6 is 0 Å². The maximum atomic E-state index is 5.76. The second kappa shape index (κ2) is 4.80. The van der Waals surface area contributed by atoms with Gasteiger partial charge >= 0.3 is 0 Å². The summed E-state index contributed by atoms with van der Waals surface area (Å²) in [5.74, 6) is 1.68. The average molecular weight is 266 g/mol. The summed E-state index contributed by atoms with van der Waals surface area (Å²) in [4.78, 5) is 21.3. The smallest absolute Gasteiger partial charge is 0.223 e. The molecule has 100 valence electrons. The fourth-order valence-corrected chi connectivity index (χ4v) is 1.90. The third-order valence-electron chi connectivity index (χ3n) is 2.91. The van der Waals surface area contributed by atoms with Crippen LogP contribution in [0.25, 0.3) is 22.4 Å². The topological polar surface area (TPSA) is 90.5 Å². The van der Waals surface area contributed by atoms with Gasteiger partial charge in [-0.05, 0) is 18.2 Å². The van der Waals surface area contributed by atoms with Gasteiger partial charge in [-0.25, -0.2) is 4.98 Å². The first-order valence-corrected chi connectivity index (χ1v) is 6.36. The first-order valence-electron chi connectivity index (χ1n) is 6.36. The van der Waals surface area contributed by atoms with Crippen LogP contribution in [0, 0.1) is 0 Å². The normalized spacial score (nSPS) is 11.2. The minimum absolute atomic E-state index is 0.194. The van der Waals surface area contributed by atoms with E-state index in [0.717, 1.165) is 16.6 Å². The lowest BCUT2D eigenvalue weighted by Gasteiger charge is -2.07. The molecule has 6 heteroatoms. The van der Waals surface area contributed by atoms with E-state index in [4.69, 9.17) is 5.73 Å². The number of nitrogens with two attached hydrogens (primary N) is 1. The van der Waals surface area contributed by atoms with Crippen LogP contribution in [0.4, 0.5) is 5.95 Å². The number of anilines is 1. The summed E-state index contributed by atoms with van der Waals surface area (Å²) < 4.78 is 0. The summed E-state index contributed by atoms with van der Waals surface area (Å²) in [7, 11) is 0. The lowest BCUT2D eigenvalue weighted by atomic mass is 10.1.